The van der Waals surface area contributed by atoms with Crippen LogP contribution in [0.15, 0.2) is 66.2 Å². The third kappa shape index (κ3) is 3.69. The topological polar surface area (TPSA) is 104 Å². The third-order valence-corrected chi connectivity index (χ3v) is 9.41. The van der Waals surface area contributed by atoms with Crippen molar-refractivity contribution in [2.45, 2.75) is 39.0 Å². The van der Waals surface area contributed by atoms with Gasteiger partial charge in [-0.2, -0.15) is 0 Å². The Bertz CT molecular complexity index is 1400. The van der Waals surface area contributed by atoms with Crippen LogP contribution in [0, 0.1) is 29.1 Å². The zero-order valence-corrected chi connectivity index (χ0v) is 22.8. The van der Waals surface area contributed by atoms with E-state index < -0.39 is 29.1 Å². The Morgan fingerprint density at radius 2 is 1.68 bits per heavy atom. The Morgan fingerprint density at radius 3 is 2.40 bits per heavy atom. The summed E-state index contributed by atoms with van der Waals surface area (Å²) in [6.07, 6.45) is 3.47. The lowest BCUT2D eigenvalue weighted by molar-refractivity contribution is -0.140. The van der Waals surface area contributed by atoms with E-state index in [2.05, 4.69) is 0 Å². The van der Waals surface area contributed by atoms with E-state index in [1.54, 1.807) is 24.3 Å². The molecule has 8 nitrogen and oxygen atoms in total. The van der Waals surface area contributed by atoms with Crippen LogP contribution >= 0.6 is 0 Å². The highest BCUT2D eigenvalue weighted by molar-refractivity contribution is 6.24. The first kappa shape index (κ1) is 26.4. The highest BCUT2D eigenvalue weighted by Gasteiger charge is 2.67. The summed E-state index contributed by atoms with van der Waals surface area (Å²) in [6, 6.07) is 16.4. The van der Waals surface area contributed by atoms with Crippen molar-refractivity contribution in [1.29, 1.82) is 0 Å². The second-order valence-corrected chi connectivity index (χ2v) is 11.4. The van der Waals surface area contributed by atoms with Gasteiger partial charge in [0.05, 0.1) is 35.5 Å². The number of hydrogen-bond donors (Lipinski definition) is 1. The van der Waals surface area contributed by atoms with E-state index in [0.717, 1.165) is 11.1 Å². The van der Waals surface area contributed by atoms with E-state index in [-0.39, 0.29) is 42.8 Å². The van der Waals surface area contributed by atoms with E-state index in [1.165, 1.54) is 9.80 Å². The summed E-state index contributed by atoms with van der Waals surface area (Å²) in [5.41, 5.74) is 1.06. The largest absolute Gasteiger partial charge is 0.491 e. The van der Waals surface area contributed by atoms with E-state index in [1.807, 2.05) is 50.3 Å². The summed E-state index contributed by atoms with van der Waals surface area (Å²) in [5, 5.41) is 9.46. The zero-order chi connectivity index (χ0) is 28.2. The van der Waals surface area contributed by atoms with Crippen molar-refractivity contribution in [2.75, 3.05) is 24.7 Å². The van der Waals surface area contributed by atoms with Crippen LogP contribution in [0.4, 0.5) is 5.69 Å². The SMILES string of the molecule is CCCN1C(=O)[C@H]2[C@H](CC=C3[C@H]2C[C@H]2C(=O)N(c4ccccc4)C(=O)[C@@]2(C)[C@H]3c2ccccc2OCCO)C1=O. The summed E-state index contributed by atoms with van der Waals surface area (Å²) < 4.78 is 5.94. The van der Waals surface area contributed by atoms with E-state index in [0.29, 0.717) is 37.2 Å². The predicted octanol–water partition coefficient (Wildman–Crippen LogP) is 3.70. The molecule has 0 radical (unpaired) electrons. The Morgan fingerprint density at radius 1 is 0.950 bits per heavy atom. The van der Waals surface area contributed by atoms with Crippen LogP contribution in [0.5, 0.6) is 5.75 Å². The maximum Gasteiger partial charge on any atom is 0.241 e. The minimum absolute atomic E-state index is 0.0824. The highest BCUT2D eigenvalue weighted by atomic mass is 16.5. The van der Waals surface area contributed by atoms with Crippen molar-refractivity contribution in [3.8, 4) is 5.75 Å². The minimum Gasteiger partial charge on any atom is -0.491 e. The van der Waals surface area contributed by atoms with Crippen molar-refractivity contribution in [3.63, 3.8) is 0 Å². The fourth-order valence-electron chi connectivity index (χ4n) is 7.70. The summed E-state index contributed by atoms with van der Waals surface area (Å²) in [5.74, 6) is -2.90. The minimum atomic E-state index is -1.13. The Labute approximate surface area is 233 Å². The molecule has 2 aliphatic heterocycles. The lowest BCUT2D eigenvalue weighted by atomic mass is 9.51. The predicted molar refractivity (Wildman–Crippen MR) is 147 cm³/mol. The molecule has 6 atom stereocenters. The van der Waals surface area contributed by atoms with E-state index in [4.69, 9.17) is 4.74 Å². The fraction of sp³-hybridized carbons (Fsp3) is 0.438. The number of ether oxygens (including phenoxy) is 1. The molecule has 2 aromatic rings. The summed E-state index contributed by atoms with van der Waals surface area (Å²) in [4.78, 5) is 58.2. The van der Waals surface area contributed by atoms with Crippen molar-refractivity contribution >= 4 is 29.3 Å². The molecule has 0 unspecified atom stereocenters. The molecule has 2 aromatic carbocycles. The fourth-order valence-corrected chi connectivity index (χ4v) is 7.70. The Balaban J connectivity index is 1.52. The van der Waals surface area contributed by atoms with Gasteiger partial charge in [-0.25, -0.2) is 4.90 Å². The average molecular weight is 543 g/mol. The molecule has 4 amide bonds. The summed E-state index contributed by atoms with van der Waals surface area (Å²) in [6.45, 7) is 4.10. The molecular weight excluding hydrogens is 508 g/mol. The first-order valence-corrected chi connectivity index (χ1v) is 14.2. The molecule has 2 aliphatic carbocycles. The van der Waals surface area contributed by atoms with Crippen LogP contribution in [-0.4, -0.2) is 53.4 Å². The number of hydrogen-bond acceptors (Lipinski definition) is 6. The average Bonchev–Trinajstić information content (AvgIpc) is 3.32. The van der Waals surface area contributed by atoms with Crippen LogP contribution in [0.25, 0.3) is 0 Å². The third-order valence-electron chi connectivity index (χ3n) is 9.41. The van der Waals surface area contributed by atoms with Crippen LogP contribution < -0.4 is 9.64 Å². The van der Waals surface area contributed by atoms with Crippen molar-refractivity contribution < 1.29 is 29.0 Å². The number of amides is 4. The summed E-state index contributed by atoms with van der Waals surface area (Å²) in [7, 11) is 0. The van der Waals surface area contributed by atoms with Gasteiger partial charge in [-0.05, 0) is 50.3 Å². The first-order chi connectivity index (χ1) is 19.3. The Kier molecular flexibility index (Phi) is 6.61. The van der Waals surface area contributed by atoms with Gasteiger partial charge in [0.15, 0.2) is 0 Å². The number of para-hydroxylation sites is 2. The Hall–Kier alpha value is -3.78. The second kappa shape index (κ2) is 10.0. The monoisotopic (exact) mass is 542 g/mol. The van der Waals surface area contributed by atoms with Crippen molar-refractivity contribution in [1.82, 2.24) is 4.90 Å². The van der Waals surface area contributed by atoms with Gasteiger partial charge >= 0.3 is 0 Å². The number of fused-ring (bicyclic) bond motifs is 4. The van der Waals surface area contributed by atoms with Crippen molar-refractivity contribution in [3.05, 3.63) is 71.8 Å². The quantitative estimate of drug-likeness (QED) is 0.423. The van der Waals surface area contributed by atoms with Gasteiger partial charge in [-0.3, -0.25) is 24.1 Å². The molecule has 0 bridgehead atoms. The molecule has 4 aliphatic rings. The molecule has 208 valence electrons. The number of carbonyl (C=O) groups is 4. The molecule has 3 fully saturated rings. The van der Waals surface area contributed by atoms with Crippen molar-refractivity contribution in [2.24, 2.45) is 29.1 Å². The molecule has 0 spiro atoms. The molecule has 2 saturated heterocycles. The van der Waals surface area contributed by atoms with Gasteiger partial charge in [0.1, 0.15) is 12.4 Å². The number of rotatable bonds is 7. The molecule has 6 rings (SSSR count). The van der Waals surface area contributed by atoms with Crippen LogP contribution in [0.3, 0.4) is 0 Å². The van der Waals surface area contributed by atoms with Gasteiger partial charge in [-0.1, -0.05) is 55.0 Å². The number of aliphatic hydroxyl groups excluding tert-OH is 1. The summed E-state index contributed by atoms with van der Waals surface area (Å²) >= 11 is 0. The molecule has 1 N–H and O–H groups in total. The van der Waals surface area contributed by atoms with Gasteiger partial charge in [0.2, 0.25) is 23.6 Å². The number of allylic oxidation sites excluding steroid dienone is 2. The van der Waals surface area contributed by atoms with Gasteiger partial charge in [-0.15, -0.1) is 0 Å². The number of nitrogens with zero attached hydrogens (tertiary/aromatic N) is 2. The van der Waals surface area contributed by atoms with E-state index in [9.17, 15) is 24.3 Å². The molecule has 2 heterocycles. The molecule has 1 saturated carbocycles. The zero-order valence-electron chi connectivity index (χ0n) is 22.8. The lowest BCUT2D eigenvalue weighted by Gasteiger charge is -2.49. The number of anilines is 1. The molecule has 0 aromatic heterocycles. The lowest BCUT2D eigenvalue weighted by Crippen LogP contribution is -2.49. The smallest absolute Gasteiger partial charge is 0.241 e. The molecule has 40 heavy (non-hydrogen) atoms. The van der Waals surface area contributed by atoms with Gasteiger partial charge in [0, 0.05) is 18.0 Å². The molecular formula is C32H34N2O6. The van der Waals surface area contributed by atoms with Gasteiger partial charge in [0.25, 0.3) is 0 Å². The number of aliphatic hydroxyl groups is 1. The first-order valence-electron chi connectivity index (χ1n) is 14.2. The highest BCUT2D eigenvalue weighted by Crippen LogP contribution is 2.64. The number of imide groups is 2. The maximum atomic E-state index is 14.4. The maximum absolute atomic E-state index is 14.4. The van der Waals surface area contributed by atoms with Crippen LogP contribution in [-0.2, 0) is 19.2 Å². The number of benzene rings is 2. The number of likely N-dealkylation sites (tertiary alicyclic amines) is 1. The molecule has 8 heteroatoms. The number of carbonyl (C=O) groups excluding carboxylic acids is 4. The van der Waals surface area contributed by atoms with Crippen LogP contribution in [0.1, 0.15) is 44.6 Å². The van der Waals surface area contributed by atoms with E-state index >= 15 is 0 Å². The second-order valence-electron chi connectivity index (χ2n) is 11.4. The van der Waals surface area contributed by atoms with Gasteiger partial charge < -0.3 is 9.84 Å². The van der Waals surface area contributed by atoms with Crippen LogP contribution in [0.2, 0.25) is 0 Å². The normalized spacial score (nSPS) is 31.2. The standard InChI is InChI=1S/C32H34N2O6/c1-3-15-33-28(36)22-14-13-20-23(26(22)30(33)38)18-24-29(37)34(19-9-5-4-6-10-19)31(39)32(24,2)27(20)21-11-7-8-12-25(21)40-17-16-35/h4-13,22-24,26-27,35H,3,14-18H2,1-2H3/t22-,23+,24-,26-,27+,32+/m0/s1.